The van der Waals surface area contributed by atoms with E-state index in [0.29, 0.717) is 25.7 Å². The summed E-state index contributed by atoms with van der Waals surface area (Å²) < 4.78 is 10.5. The smallest absolute Gasteiger partial charge is 0.306 e. The van der Waals surface area contributed by atoms with E-state index in [9.17, 15) is 19.2 Å². The number of hydrogen-bond acceptors (Lipinski definition) is 6. The standard InChI is InChI=1S/C22H38O6/c1-7-22(8-2,27-18(4)24)19(25)15-13-11-9-10-12-14-16-20(26)28-21(5,6)17(3)23/h7-16H2,1-6H3. The number of rotatable bonds is 15. The highest BCUT2D eigenvalue weighted by molar-refractivity contribution is 5.89. The normalized spacial score (nSPS) is 11.8. The fourth-order valence-corrected chi connectivity index (χ4v) is 3.02. The van der Waals surface area contributed by atoms with Gasteiger partial charge in [-0.1, -0.05) is 39.5 Å². The number of unbranched alkanes of at least 4 members (excludes halogenated alkanes) is 5. The summed E-state index contributed by atoms with van der Waals surface area (Å²) in [7, 11) is 0. The minimum atomic E-state index is -1.05. The van der Waals surface area contributed by atoms with Gasteiger partial charge in [-0.05, 0) is 46.5 Å². The molecular formula is C22H38O6. The molecule has 0 spiro atoms. The fraction of sp³-hybridized carbons (Fsp3) is 0.818. The van der Waals surface area contributed by atoms with Crippen molar-refractivity contribution in [2.45, 2.75) is 117 Å². The van der Waals surface area contributed by atoms with Crippen LogP contribution in [0, 0.1) is 0 Å². The molecule has 0 aliphatic carbocycles. The number of esters is 2. The summed E-state index contributed by atoms with van der Waals surface area (Å²) in [5.41, 5.74) is -2.03. The molecule has 0 aromatic carbocycles. The molecule has 0 atom stereocenters. The van der Waals surface area contributed by atoms with Gasteiger partial charge in [-0.2, -0.15) is 0 Å². The number of carbonyl (C=O) groups is 4. The summed E-state index contributed by atoms with van der Waals surface area (Å²) >= 11 is 0. The lowest BCUT2D eigenvalue weighted by Crippen LogP contribution is -2.41. The van der Waals surface area contributed by atoms with Gasteiger partial charge >= 0.3 is 11.9 Å². The maximum absolute atomic E-state index is 12.5. The van der Waals surface area contributed by atoms with Crippen molar-refractivity contribution in [1.82, 2.24) is 0 Å². The first kappa shape index (κ1) is 26.3. The van der Waals surface area contributed by atoms with Crippen LogP contribution in [0.3, 0.4) is 0 Å². The maximum Gasteiger partial charge on any atom is 0.306 e. The first-order valence-corrected chi connectivity index (χ1v) is 10.5. The Balaban J connectivity index is 3.98. The molecule has 0 radical (unpaired) electrons. The molecule has 6 nitrogen and oxygen atoms in total. The average Bonchev–Trinajstić information content (AvgIpc) is 2.60. The summed E-state index contributed by atoms with van der Waals surface area (Å²) in [6.45, 7) is 9.68. The quantitative estimate of drug-likeness (QED) is 0.293. The van der Waals surface area contributed by atoms with Crippen LogP contribution < -0.4 is 0 Å². The number of ether oxygens (including phenoxy) is 2. The molecule has 0 aromatic heterocycles. The third-order valence-electron chi connectivity index (χ3n) is 5.24. The zero-order valence-corrected chi connectivity index (χ0v) is 18.5. The van der Waals surface area contributed by atoms with Crippen LogP contribution in [0.1, 0.15) is 106 Å². The van der Waals surface area contributed by atoms with Gasteiger partial charge in [0.25, 0.3) is 0 Å². The van der Waals surface area contributed by atoms with E-state index in [2.05, 4.69) is 0 Å². The van der Waals surface area contributed by atoms with Gasteiger partial charge < -0.3 is 9.47 Å². The molecule has 162 valence electrons. The van der Waals surface area contributed by atoms with E-state index in [1.807, 2.05) is 13.8 Å². The minimum Gasteiger partial charge on any atom is -0.452 e. The summed E-state index contributed by atoms with van der Waals surface area (Å²) in [4.78, 5) is 46.9. The Morgan fingerprint density at radius 3 is 1.61 bits per heavy atom. The van der Waals surface area contributed by atoms with Gasteiger partial charge in [0, 0.05) is 19.8 Å². The molecule has 6 heteroatoms. The predicted molar refractivity (Wildman–Crippen MR) is 108 cm³/mol. The number of ketones is 2. The van der Waals surface area contributed by atoms with E-state index in [-0.39, 0.29) is 17.5 Å². The molecule has 0 saturated heterocycles. The highest BCUT2D eigenvalue weighted by Gasteiger charge is 2.37. The monoisotopic (exact) mass is 398 g/mol. The second kappa shape index (κ2) is 12.7. The Labute approximate surface area is 169 Å². The molecular weight excluding hydrogens is 360 g/mol. The van der Waals surface area contributed by atoms with E-state index in [1.54, 1.807) is 13.8 Å². The van der Waals surface area contributed by atoms with Crippen molar-refractivity contribution < 1.29 is 28.7 Å². The topological polar surface area (TPSA) is 86.7 Å². The molecule has 0 aliphatic heterocycles. The Hall–Kier alpha value is -1.72. The third-order valence-corrected chi connectivity index (χ3v) is 5.24. The lowest BCUT2D eigenvalue weighted by Gasteiger charge is -2.29. The van der Waals surface area contributed by atoms with Crippen LogP contribution in [-0.4, -0.2) is 34.7 Å². The summed E-state index contributed by atoms with van der Waals surface area (Å²) in [6.07, 6.45) is 7.03. The number of carbonyl (C=O) groups excluding carboxylic acids is 4. The van der Waals surface area contributed by atoms with E-state index < -0.39 is 17.2 Å². The van der Waals surface area contributed by atoms with Gasteiger partial charge in [0.15, 0.2) is 22.8 Å². The van der Waals surface area contributed by atoms with E-state index in [4.69, 9.17) is 9.47 Å². The van der Waals surface area contributed by atoms with Gasteiger partial charge in [0.2, 0.25) is 0 Å². The van der Waals surface area contributed by atoms with Gasteiger partial charge in [0.05, 0.1) is 0 Å². The van der Waals surface area contributed by atoms with Gasteiger partial charge in [-0.3, -0.25) is 19.2 Å². The fourth-order valence-electron chi connectivity index (χ4n) is 3.02. The Morgan fingerprint density at radius 1 is 0.714 bits per heavy atom. The largest absolute Gasteiger partial charge is 0.452 e. The first-order chi connectivity index (χ1) is 13.0. The maximum atomic E-state index is 12.5. The molecule has 0 N–H and O–H groups in total. The van der Waals surface area contributed by atoms with Crippen molar-refractivity contribution in [3.63, 3.8) is 0 Å². The minimum absolute atomic E-state index is 0.00327. The van der Waals surface area contributed by atoms with Crippen molar-refractivity contribution in [3.05, 3.63) is 0 Å². The molecule has 0 rings (SSSR count). The van der Waals surface area contributed by atoms with E-state index in [0.717, 1.165) is 38.5 Å². The number of hydrogen-bond donors (Lipinski definition) is 0. The van der Waals surface area contributed by atoms with Crippen LogP contribution in [-0.2, 0) is 28.7 Å². The second-order valence-corrected chi connectivity index (χ2v) is 7.88. The molecule has 0 bridgehead atoms. The van der Waals surface area contributed by atoms with Crippen LogP contribution in [0.5, 0.6) is 0 Å². The Morgan fingerprint density at radius 2 is 1.18 bits per heavy atom. The lowest BCUT2D eigenvalue weighted by atomic mass is 9.88. The van der Waals surface area contributed by atoms with Gasteiger partial charge in [0.1, 0.15) is 0 Å². The molecule has 0 saturated carbocycles. The van der Waals surface area contributed by atoms with Crippen molar-refractivity contribution in [2.75, 3.05) is 0 Å². The zero-order valence-electron chi connectivity index (χ0n) is 18.5. The van der Waals surface area contributed by atoms with Crippen LogP contribution in [0.15, 0.2) is 0 Å². The molecule has 0 heterocycles. The predicted octanol–water partition coefficient (Wildman–Crippen LogP) is 4.71. The molecule has 0 aliphatic rings. The highest BCUT2D eigenvalue weighted by atomic mass is 16.6. The SMILES string of the molecule is CCC(CC)(OC(C)=O)C(=O)CCCCCCCCC(=O)OC(C)(C)C(C)=O. The van der Waals surface area contributed by atoms with Gasteiger partial charge in [-0.15, -0.1) is 0 Å². The molecule has 28 heavy (non-hydrogen) atoms. The molecule has 0 amide bonds. The summed E-state index contributed by atoms with van der Waals surface area (Å²) in [6, 6.07) is 0. The first-order valence-electron chi connectivity index (χ1n) is 10.5. The van der Waals surface area contributed by atoms with Crippen LogP contribution in [0.25, 0.3) is 0 Å². The summed E-state index contributed by atoms with van der Waals surface area (Å²) in [5, 5.41) is 0. The van der Waals surface area contributed by atoms with Crippen LogP contribution >= 0.6 is 0 Å². The average molecular weight is 399 g/mol. The molecule has 0 unspecified atom stereocenters. The van der Waals surface area contributed by atoms with Crippen molar-refractivity contribution in [2.24, 2.45) is 0 Å². The number of Topliss-reactive ketones (excluding diaryl/α,β-unsaturated/α-hetero) is 2. The van der Waals surface area contributed by atoms with Gasteiger partial charge in [-0.25, -0.2) is 0 Å². The second-order valence-electron chi connectivity index (χ2n) is 7.88. The van der Waals surface area contributed by atoms with Crippen LogP contribution in [0.4, 0.5) is 0 Å². The highest BCUT2D eigenvalue weighted by Crippen LogP contribution is 2.25. The third kappa shape index (κ3) is 9.47. The summed E-state index contributed by atoms with van der Waals surface area (Å²) in [5.74, 6) is -0.920. The van der Waals surface area contributed by atoms with Crippen molar-refractivity contribution >= 4 is 23.5 Å². The van der Waals surface area contributed by atoms with Crippen LogP contribution in [0.2, 0.25) is 0 Å². The van der Waals surface area contributed by atoms with E-state index in [1.165, 1.54) is 13.8 Å². The lowest BCUT2D eigenvalue weighted by molar-refractivity contribution is -0.166. The zero-order chi connectivity index (χ0) is 21.8. The Kier molecular flexibility index (Phi) is 11.9. The molecule has 0 aromatic rings. The van der Waals surface area contributed by atoms with E-state index >= 15 is 0 Å². The molecule has 0 fully saturated rings. The van der Waals surface area contributed by atoms with Crippen molar-refractivity contribution in [3.8, 4) is 0 Å². The van der Waals surface area contributed by atoms with Crippen molar-refractivity contribution in [1.29, 1.82) is 0 Å². The Bertz CT molecular complexity index is 531.